The van der Waals surface area contributed by atoms with Crippen molar-refractivity contribution < 1.29 is 13.2 Å². The van der Waals surface area contributed by atoms with Crippen molar-refractivity contribution >= 4 is 9.84 Å². The summed E-state index contributed by atoms with van der Waals surface area (Å²) in [6.07, 6.45) is 1.17. The lowest BCUT2D eigenvalue weighted by Gasteiger charge is -2.13. The first kappa shape index (κ1) is 15.0. The van der Waals surface area contributed by atoms with Crippen molar-refractivity contribution in [3.63, 3.8) is 0 Å². The van der Waals surface area contributed by atoms with Gasteiger partial charge in [0.1, 0.15) is 4.90 Å². The van der Waals surface area contributed by atoms with Crippen LogP contribution < -0.4 is 4.74 Å². The third kappa shape index (κ3) is 3.98. The number of ether oxygens (including phenoxy) is 1. The fraction of sp³-hybridized carbons (Fsp3) is 0.615. The summed E-state index contributed by atoms with van der Waals surface area (Å²) in [7, 11) is -3.31. The number of rotatable bonds is 5. The highest BCUT2D eigenvalue weighted by Crippen LogP contribution is 2.25. The van der Waals surface area contributed by atoms with Gasteiger partial charge in [-0.2, -0.15) is 0 Å². The first-order valence-corrected chi connectivity index (χ1v) is 7.94. The standard InChI is InChI=1S/C13H21NO3S/c1-9(2)8-17-13-12(18(5,15)16)7-6-11(14-13)10(3)4/h6-7,9-10H,8H2,1-5H3. The number of nitrogens with zero attached hydrogens (tertiary/aromatic N) is 1. The van der Waals surface area contributed by atoms with E-state index in [4.69, 9.17) is 4.74 Å². The van der Waals surface area contributed by atoms with Gasteiger partial charge in [-0.1, -0.05) is 27.7 Å². The minimum absolute atomic E-state index is 0.160. The summed E-state index contributed by atoms with van der Waals surface area (Å²) < 4.78 is 28.8. The van der Waals surface area contributed by atoms with Gasteiger partial charge in [0, 0.05) is 11.9 Å². The Morgan fingerprint density at radius 1 is 1.22 bits per heavy atom. The molecule has 0 aromatic carbocycles. The van der Waals surface area contributed by atoms with Crippen molar-refractivity contribution in [3.05, 3.63) is 17.8 Å². The van der Waals surface area contributed by atoms with Crippen LogP contribution in [0.3, 0.4) is 0 Å². The van der Waals surface area contributed by atoms with Crippen molar-refractivity contribution in [1.82, 2.24) is 4.98 Å². The zero-order valence-electron chi connectivity index (χ0n) is 11.6. The monoisotopic (exact) mass is 271 g/mol. The molecule has 0 aliphatic heterocycles. The van der Waals surface area contributed by atoms with Crippen LogP contribution in [0.1, 0.15) is 39.3 Å². The highest BCUT2D eigenvalue weighted by Gasteiger charge is 2.18. The molecule has 1 heterocycles. The van der Waals surface area contributed by atoms with Gasteiger partial charge in [-0.25, -0.2) is 13.4 Å². The van der Waals surface area contributed by atoms with E-state index < -0.39 is 9.84 Å². The molecule has 1 aromatic heterocycles. The fourth-order valence-electron chi connectivity index (χ4n) is 1.39. The molecule has 0 bridgehead atoms. The van der Waals surface area contributed by atoms with E-state index in [9.17, 15) is 8.42 Å². The van der Waals surface area contributed by atoms with Crippen molar-refractivity contribution in [2.24, 2.45) is 5.92 Å². The molecule has 0 atom stereocenters. The van der Waals surface area contributed by atoms with Gasteiger partial charge in [0.15, 0.2) is 9.84 Å². The van der Waals surface area contributed by atoms with Gasteiger partial charge in [0.25, 0.3) is 0 Å². The third-order valence-electron chi connectivity index (χ3n) is 2.39. The topological polar surface area (TPSA) is 56.3 Å². The number of sulfone groups is 1. The predicted molar refractivity (Wildman–Crippen MR) is 71.8 cm³/mol. The van der Waals surface area contributed by atoms with E-state index in [0.29, 0.717) is 12.5 Å². The first-order chi connectivity index (χ1) is 8.21. The summed E-state index contributed by atoms with van der Waals surface area (Å²) >= 11 is 0. The van der Waals surface area contributed by atoms with Gasteiger partial charge in [-0.3, -0.25) is 0 Å². The lowest BCUT2D eigenvalue weighted by molar-refractivity contribution is 0.253. The van der Waals surface area contributed by atoms with Crippen LogP contribution in [0.4, 0.5) is 0 Å². The van der Waals surface area contributed by atoms with Crippen LogP contribution in [-0.2, 0) is 9.84 Å². The van der Waals surface area contributed by atoms with Gasteiger partial charge in [-0.05, 0) is 24.0 Å². The molecule has 0 spiro atoms. The molecule has 0 saturated carbocycles. The minimum Gasteiger partial charge on any atom is -0.476 e. The quantitative estimate of drug-likeness (QED) is 0.826. The Hall–Kier alpha value is -1.10. The van der Waals surface area contributed by atoms with E-state index in [0.717, 1.165) is 5.69 Å². The summed E-state index contributed by atoms with van der Waals surface area (Å²) in [5, 5.41) is 0. The van der Waals surface area contributed by atoms with E-state index in [1.807, 2.05) is 27.7 Å². The van der Waals surface area contributed by atoms with E-state index in [1.54, 1.807) is 12.1 Å². The van der Waals surface area contributed by atoms with Crippen LogP contribution >= 0.6 is 0 Å². The predicted octanol–water partition coefficient (Wildman–Crippen LogP) is 2.64. The first-order valence-electron chi connectivity index (χ1n) is 6.05. The molecule has 18 heavy (non-hydrogen) atoms. The van der Waals surface area contributed by atoms with Crippen LogP contribution in [0, 0.1) is 5.92 Å². The van der Waals surface area contributed by atoms with Crippen molar-refractivity contribution in [2.45, 2.75) is 38.5 Å². The Balaban J connectivity index is 3.18. The molecule has 0 saturated heterocycles. The second kappa shape index (κ2) is 5.69. The summed E-state index contributed by atoms with van der Waals surface area (Å²) in [4.78, 5) is 4.47. The van der Waals surface area contributed by atoms with E-state index in [-0.39, 0.29) is 16.7 Å². The van der Waals surface area contributed by atoms with Crippen LogP contribution in [0.15, 0.2) is 17.0 Å². The van der Waals surface area contributed by atoms with Gasteiger partial charge >= 0.3 is 0 Å². The molecule has 0 radical (unpaired) electrons. The van der Waals surface area contributed by atoms with Crippen LogP contribution in [0.5, 0.6) is 5.88 Å². The highest BCUT2D eigenvalue weighted by atomic mass is 32.2. The normalized spacial score (nSPS) is 12.2. The van der Waals surface area contributed by atoms with Gasteiger partial charge in [-0.15, -0.1) is 0 Å². The average molecular weight is 271 g/mol. The molecule has 4 nitrogen and oxygen atoms in total. The minimum atomic E-state index is -3.31. The van der Waals surface area contributed by atoms with Gasteiger partial charge in [0.2, 0.25) is 5.88 Å². The van der Waals surface area contributed by atoms with Gasteiger partial charge in [0.05, 0.1) is 6.61 Å². The molecular weight excluding hydrogens is 250 g/mol. The summed E-state index contributed by atoms with van der Waals surface area (Å²) in [5.41, 5.74) is 0.834. The van der Waals surface area contributed by atoms with Crippen LogP contribution in [0.25, 0.3) is 0 Å². The maximum absolute atomic E-state index is 11.7. The third-order valence-corrected chi connectivity index (χ3v) is 3.50. The van der Waals surface area contributed by atoms with E-state index in [1.165, 1.54) is 6.26 Å². The molecule has 5 heteroatoms. The average Bonchev–Trinajstić information content (AvgIpc) is 2.24. The largest absolute Gasteiger partial charge is 0.476 e. The Morgan fingerprint density at radius 2 is 1.83 bits per heavy atom. The van der Waals surface area contributed by atoms with Crippen LogP contribution in [-0.4, -0.2) is 26.3 Å². The van der Waals surface area contributed by atoms with Gasteiger partial charge < -0.3 is 4.74 Å². The lowest BCUT2D eigenvalue weighted by Crippen LogP contribution is -2.11. The number of aromatic nitrogens is 1. The summed E-state index contributed by atoms with van der Waals surface area (Å²) in [5.74, 6) is 0.777. The Labute approximate surface area is 109 Å². The number of pyridine rings is 1. The van der Waals surface area contributed by atoms with Crippen LogP contribution in [0.2, 0.25) is 0 Å². The smallest absolute Gasteiger partial charge is 0.232 e. The molecule has 0 aliphatic rings. The molecule has 0 fully saturated rings. The second-order valence-corrected chi connectivity index (χ2v) is 7.16. The van der Waals surface area contributed by atoms with E-state index >= 15 is 0 Å². The maximum Gasteiger partial charge on any atom is 0.232 e. The fourth-order valence-corrected chi connectivity index (χ4v) is 2.13. The second-order valence-electron chi connectivity index (χ2n) is 5.17. The Kier molecular flexibility index (Phi) is 4.73. The molecule has 102 valence electrons. The molecule has 1 rings (SSSR count). The zero-order valence-corrected chi connectivity index (χ0v) is 12.4. The van der Waals surface area contributed by atoms with Crippen molar-refractivity contribution in [3.8, 4) is 5.88 Å². The van der Waals surface area contributed by atoms with Crippen molar-refractivity contribution in [1.29, 1.82) is 0 Å². The maximum atomic E-state index is 11.7. The molecule has 0 amide bonds. The molecule has 0 unspecified atom stereocenters. The molecule has 1 aromatic rings. The number of hydrogen-bond donors (Lipinski definition) is 0. The zero-order chi connectivity index (χ0) is 13.9. The number of hydrogen-bond acceptors (Lipinski definition) is 4. The molecule has 0 N–H and O–H groups in total. The Morgan fingerprint density at radius 3 is 2.28 bits per heavy atom. The summed E-state index contributed by atoms with van der Waals surface area (Å²) in [6.45, 7) is 8.49. The molecule has 0 aliphatic carbocycles. The van der Waals surface area contributed by atoms with E-state index in [2.05, 4.69) is 4.98 Å². The van der Waals surface area contributed by atoms with Crippen molar-refractivity contribution in [2.75, 3.05) is 12.9 Å². The highest BCUT2D eigenvalue weighted by molar-refractivity contribution is 7.90. The molecular formula is C13H21NO3S. The lowest BCUT2D eigenvalue weighted by atomic mass is 10.1. The Bertz CT molecular complexity index is 507. The SMILES string of the molecule is CC(C)COc1nc(C(C)C)ccc1S(C)(=O)=O. The summed E-state index contributed by atoms with van der Waals surface area (Å²) in [6, 6.07) is 3.32.